The van der Waals surface area contributed by atoms with Crippen molar-refractivity contribution in [3.05, 3.63) is 58.6 Å². The van der Waals surface area contributed by atoms with E-state index in [1.54, 1.807) is 37.3 Å². The Kier molecular flexibility index (Phi) is 8.26. The number of esters is 3. The first-order chi connectivity index (χ1) is 14.2. The SMILES string of the molecule is CC=CC(Oc1ccc(Cl)c(Oc2ccc(Cl)cc2)c1OC(C)=O)C(=O)OC(C)=O. The number of halogens is 2. The molecular weight excluding hydrogens is 435 g/mol. The first-order valence-electron chi connectivity index (χ1n) is 8.67. The van der Waals surface area contributed by atoms with E-state index >= 15 is 0 Å². The lowest BCUT2D eigenvalue weighted by molar-refractivity contribution is -0.161. The van der Waals surface area contributed by atoms with Crippen LogP contribution in [0.2, 0.25) is 10.0 Å². The van der Waals surface area contributed by atoms with Crippen LogP contribution in [0.15, 0.2) is 48.6 Å². The second kappa shape index (κ2) is 10.7. The third kappa shape index (κ3) is 6.50. The fourth-order valence-electron chi connectivity index (χ4n) is 2.25. The smallest absolute Gasteiger partial charge is 0.359 e. The molecule has 0 aliphatic carbocycles. The zero-order valence-electron chi connectivity index (χ0n) is 16.3. The minimum Gasteiger partial charge on any atom is -0.470 e. The number of carbonyl (C=O) groups is 3. The standard InChI is InChI=1S/C21H18Cl2O7/c1-4-5-18(21(26)28-13(3)25)30-17-11-10-16(23)19(20(17)27-12(2)24)29-15-8-6-14(22)7-9-15/h4-11,18H,1-3H3. The lowest BCUT2D eigenvalue weighted by Crippen LogP contribution is -2.29. The van der Waals surface area contributed by atoms with Crippen LogP contribution in [0.5, 0.6) is 23.0 Å². The van der Waals surface area contributed by atoms with E-state index in [1.807, 2.05) is 0 Å². The molecule has 0 aromatic heterocycles. The normalized spacial score (nSPS) is 11.6. The van der Waals surface area contributed by atoms with Crippen molar-refractivity contribution in [2.45, 2.75) is 26.9 Å². The van der Waals surface area contributed by atoms with Gasteiger partial charge in [0.2, 0.25) is 11.9 Å². The summed E-state index contributed by atoms with van der Waals surface area (Å²) < 4.78 is 21.3. The van der Waals surface area contributed by atoms with Crippen molar-refractivity contribution in [1.82, 2.24) is 0 Å². The van der Waals surface area contributed by atoms with E-state index in [-0.39, 0.29) is 22.3 Å². The molecule has 0 N–H and O–H groups in total. The van der Waals surface area contributed by atoms with Crippen molar-refractivity contribution in [1.29, 1.82) is 0 Å². The van der Waals surface area contributed by atoms with E-state index in [2.05, 4.69) is 4.74 Å². The fraction of sp³-hybridized carbons (Fsp3) is 0.190. The summed E-state index contributed by atoms with van der Waals surface area (Å²) in [6.07, 6.45) is 1.63. The molecule has 2 aromatic carbocycles. The second-order valence-corrected chi connectivity index (χ2v) is 6.67. The highest BCUT2D eigenvalue weighted by Gasteiger charge is 2.26. The van der Waals surface area contributed by atoms with E-state index in [9.17, 15) is 14.4 Å². The molecule has 2 aromatic rings. The van der Waals surface area contributed by atoms with Crippen molar-refractivity contribution in [3.8, 4) is 23.0 Å². The first kappa shape index (κ1) is 23.3. The summed E-state index contributed by atoms with van der Waals surface area (Å²) in [5.41, 5.74) is 0. The Morgan fingerprint density at radius 3 is 2.17 bits per heavy atom. The molecule has 0 aliphatic rings. The van der Waals surface area contributed by atoms with Gasteiger partial charge in [-0.2, -0.15) is 0 Å². The monoisotopic (exact) mass is 452 g/mol. The Hall–Kier alpha value is -3.03. The van der Waals surface area contributed by atoms with Crippen LogP contribution in [0.25, 0.3) is 0 Å². The number of rotatable bonds is 7. The van der Waals surface area contributed by atoms with Crippen LogP contribution in [0.1, 0.15) is 20.8 Å². The summed E-state index contributed by atoms with van der Waals surface area (Å²) in [6.45, 7) is 3.93. The number of carbonyl (C=O) groups excluding carboxylic acids is 3. The number of allylic oxidation sites excluding steroid dienone is 1. The van der Waals surface area contributed by atoms with Crippen LogP contribution < -0.4 is 14.2 Å². The summed E-state index contributed by atoms with van der Waals surface area (Å²) >= 11 is 12.1. The van der Waals surface area contributed by atoms with Crippen LogP contribution >= 0.6 is 23.2 Å². The number of hydrogen-bond donors (Lipinski definition) is 0. The molecule has 2 rings (SSSR count). The zero-order chi connectivity index (χ0) is 22.3. The van der Waals surface area contributed by atoms with Gasteiger partial charge in [-0.05, 0) is 49.4 Å². The number of hydrogen-bond acceptors (Lipinski definition) is 7. The summed E-state index contributed by atoms with van der Waals surface area (Å²) in [7, 11) is 0. The lowest BCUT2D eigenvalue weighted by Gasteiger charge is -2.19. The van der Waals surface area contributed by atoms with Crippen molar-refractivity contribution in [2.75, 3.05) is 0 Å². The van der Waals surface area contributed by atoms with Crippen molar-refractivity contribution < 1.29 is 33.3 Å². The number of benzene rings is 2. The van der Waals surface area contributed by atoms with Crippen LogP contribution in [-0.4, -0.2) is 24.0 Å². The molecular formula is C21H18Cl2O7. The first-order valence-corrected chi connectivity index (χ1v) is 9.43. The molecule has 158 valence electrons. The Labute approximate surface area is 183 Å². The minimum absolute atomic E-state index is 0.00847. The van der Waals surface area contributed by atoms with Crippen molar-refractivity contribution >= 4 is 41.1 Å². The topological polar surface area (TPSA) is 88.1 Å². The molecule has 0 fully saturated rings. The molecule has 0 saturated heterocycles. The average Bonchev–Trinajstić information content (AvgIpc) is 2.66. The lowest BCUT2D eigenvalue weighted by atomic mass is 10.2. The molecule has 30 heavy (non-hydrogen) atoms. The third-order valence-corrected chi connectivity index (χ3v) is 3.95. The maximum Gasteiger partial charge on any atom is 0.359 e. The molecule has 0 radical (unpaired) electrons. The number of ether oxygens (including phenoxy) is 4. The van der Waals surface area contributed by atoms with E-state index < -0.39 is 24.0 Å². The van der Waals surface area contributed by atoms with E-state index in [1.165, 1.54) is 25.1 Å². The molecule has 1 atom stereocenters. The average molecular weight is 453 g/mol. The summed E-state index contributed by atoms with van der Waals surface area (Å²) in [4.78, 5) is 34.9. The van der Waals surface area contributed by atoms with Gasteiger partial charge in [-0.3, -0.25) is 9.59 Å². The highest BCUT2D eigenvalue weighted by atomic mass is 35.5. The van der Waals surface area contributed by atoms with Gasteiger partial charge in [0.05, 0.1) is 5.02 Å². The molecule has 0 spiro atoms. The van der Waals surface area contributed by atoms with Gasteiger partial charge in [-0.25, -0.2) is 4.79 Å². The Morgan fingerprint density at radius 1 is 0.933 bits per heavy atom. The second-order valence-electron chi connectivity index (χ2n) is 5.83. The largest absolute Gasteiger partial charge is 0.470 e. The van der Waals surface area contributed by atoms with Crippen LogP contribution in [-0.2, 0) is 19.1 Å². The van der Waals surface area contributed by atoms with E-state index in [0.29, 0.717) is 10.8 Å². The fourth-order valence-corrected chi connectivity index (χ4v) is 2.56. The van der Waals surface area contributed by atoms with Gasteiger partial charge in [-0.1, -0.05) is 29.3 Å². The summed E-state index contributed by atoms with van der Waals surface area (Å²) in [5, 5.41) is 0.631. The molecule has 0 heterocycles. The van der Waals surface area contributed by atoms with Gasteiger partial charge >= 0.3 is 17.9 Å². The summed E-state index contributed by atoms with van der Waals surface area (Å²) in [6, 6.07) is 9.24. The van der Waals surface area contributed by atoms with E-state index in [4.69, 9.17) is 37.4 Å². The Morgan fingerprint density at radius 2 is 1.60 bits per heavy atom. The Bertz CT molecular complexity index is 968. The molecule has 0 aliphatic heterocycles. The molecule has 9 heteroatoms. The van der Waals surface area contributed by atoms with Crippen LogP contribution in [0.3, 0.4) is 0 Å². The van der Waals surface area contributed by atoms with Crippen molar-refractivity contribution in [2.24, 2.45) is 0 Å². The van der Waals surface area contributed by atoms with Crippen molar-refractivity contribution in [3.63, 3.8) is 0 Å². The quantitative estimate of drug-likeness (QED) is 0.249. The van der Waals surface area contributed by atoms with Gasteiger partial charge in [0, 0.05) is 18.9 Å². The molecule has 7 nitrogen and oxygen atoms in total. The minimum atomic E-state index is -1.28. The Balaban J connectivity index is 2.47. The predicted molar refractivity (Wildman–Crippen MR) is 110 cm³/mol. The highest BCUT2D eigenvalue weighted by Crippen LogP contribution is 2.45. The van der Waals surface area contributed by atoms with Crippen LogP contribution in [0.4, 0.5) is 0 Å². The van der Waals surface area contributed by atoms with Gasteiger partial charge < -0.3 is 18.9 Å². The maximum absolute atomic E-state index is 12.2. The van der Waals surface area contributed by atoms with Crippen LogP contribution in [0, 0.1) is 0 Å². The molecule has 1 unspecified atom stereocenters. The molecule has 0 amide bonds. The molecule has 0 saturated carbocycles. The van der Waals surface area contributed by atoms with Gasteiger partial charge in [-0.15, -0.1) is 0 Å². The van der Waals surface area contributed by atoms with E-state index in [0.717, 1.165) is 6.92 Å². The predicted octanol–water partition coefficient (Wildman–Crippen LogP) is 5.12. The van der Waals surface area contributed by atoms with Gasteiger partial charge in [0.1, 0.15) is 5.75 Å². The van der Waals surface area contributed by atoms with Gasteiger partial charge in [0.25, 0.3) is 0 Å². The molecule has 0 bridgehead atoms. The summed E-state index contributed by atoms with van der Waals surface area (Å²) in [5.74, 6) is -2.21. The highest BCUT2D eigenvalue weighted by molar-refractivity contribution is 6.32. The zero-order valence-corrected chi connectivity index (χ0v) is 17.8. The third-order valence-electron chi connectivity index (χ3n) is 3.41. The van der Waals surface area contributed by atoms with Gasteiger partial charge in [0.15, 0.2) is 11.5 Å². The maximum atomic E-state index is 12.2.